The Bertz CT molecular complexity index is 886. The Morgan fingerprint density at radius 3 is 2.60 bits per heavy atom. The van der Waals surface area contributed by atoms with Crippen molar-refractivity contribution in [3.05, 3.63) is 30.4 Å². The van der Waals surface area contributed by atoms with Crippen LogP contribution in [0.3, 0.4) is 0 Å². The second kappa shape index (κ2) is 10.5. The minimum Gasteiger partial charge on any atom is -0.383 e. The molecule has 30 heavy (non-hydrogen) atoms. The van der Waals surface area contributed by atoms with Crippen LogP contribution in [0.2, 0.25) is 0 Å². The minimum atomic E-state index is -0.106. The lowest BCUT2D eigenvalue weighted by atomic mass is 9.98. The maximum absolute atomic E-state index is 12.2. The van der Waals surface area contributed by atoms with Crippen molar-refractivity contribution >= 4 is 28.9 Å². The van der Waals surface area contributed by atoms with Crippen LogP contribution in [0, 0.1) is 17.2 Å². The molecule has 2 aromatic heterocycles. The normalized spacial score (nSPS) is 14.2. The molecule has 158 valence electrons. The van der Waals surface area contributed by atoms with Gasteiger partial charge in [-0.25, -0.2) is 15.0 Å². The number of piperidine rings is 1. The van der Waals surface area contributed by atoms with Crippen LogP contribution in [0.4, 0.5) is 23.0 Å². The first-order valence-corrected chi connectivity index (χ1v) is 9.92. The molecule has 0 bridgehead atoms. The highest BCUT2D eigenvalue weighted by atomic mass is 16.2. The number of nitriles is 1. The van der Waals surface area contributed by atoms with E-state index in [-0.39, 0.29) is 18.1 Å². The van der Waals surface area contributed by atoms with Gasteiger partial charge in [-0.2, -0.15) is 5.26 Å². The fraction of sp³-hybridized carbons (Fsp3) is 0.450. The summed E-state index contributed by atoms with van der Waals surface area (Å²) in [5.41, 5.74) is 1.67. The van der Waals surface area contributed by atoms with Crippen molar-refractivity contribution in [2.24, 2.45) is 5.92 Å². The van der Waals surface area contributed by atoms with Gasteiger partial charge in [0, 0.05) is 12.6 Å². The molecular weight excluding hydrogens is 382 g/mol. The fourth-order valence-corrected chi connectivity index (χ4v) is 3.17. The molecule has 2 aromatic rings. The molecule has 1 saturated heterocycles. The van der Waals surface area contributed by atoms with Gasteiger partial charge in [0.1, 0.15) is 17.7 Å². The van der Waals surface area contributed by atoms with E-state index in [1.165, 1.54) is 12.4 Å². The summed E-state index contributed by atoms with van der Waals surface area (Å²) in [6, 6.07) is 3.78. The number of nitrogens with one attached hydrogen (secondary N) is 4. The topological polar surface area (TPSA) is 131 Å². The second-order valence-electron chi connectivity index (χ2n) is 7.50. The maximum atomic E-state index is 12.2. The smallest absolute Gasteiger partial charge is 0.238 e. The van der Waals surface area contributed by atoms with Crippen LogP contribution in [-0.4, -0.2) is 66.0 Å². The molecule has 0 unspecified atom stereocenters. The Hall–Kier alpha value is -3.29. The highest BCUT2D eigenvalue weighted by Gasteiger charge is 2.15. The Kier molecular flexibility index (Phi) is 7.48. The quantitative estimate of drug-likeness (QED) is 0.511. The Labute approximate surface area is 176 Å². The van der Waals surface area contributed by atoms with Crippen molar-refractivity contribution in [2.45, 2.75) is 12.8 Å². The van der Waals surface area contributed by atoms with Gasteiger partial charge in [-0.15, -0.1) is 0 Å². The predicted molar refractivity (Wildman–Crippen MR) is 116 cm³/mol. The number of likely N-dealkylation sites (N-methyl/N-ethyl adjacent to an activating group) is 1. The second-order valence-corrected chi connectivity index (χ2v) is 7.50. The Morgan fingerprint density at radius 1 is 1.17 bits per heavy atom. The van der Waals surface area contributed by atoms with Crippen LogP contribution in [-0.2, 0) is 4.79 Å². The maximum Gasteiger partial charge on any atom is 0.238 e. The Balaban J connectivity index is 1.75. The first kappa shape index (κ1) is 21.4. The van der Waals surface area contributed by atoms with Crippen molar-refractivity contribution in [1.29, 1.82) is 5.26 Å². The number of hydrogen-bond acceptors (Lipinski definition) is 9. The van der Waals surface area contributed by atoms with Gasteiger partial charge in [0.15, 0.2) is 5.69 Å². The number of pyridine rings is 1. The molecule has 10 nitrogen and oxygen atoms in total. The molecule has 10 heteroatoms. The average molecular weight is 409 g/mol. The van der Waals surface area contributed by atoms with Crippen LogP contribution < -0.4 is 21.3 Å². The molecular formula is C20H27N9O. The molecule has 1 fully saturated rings. The van der Waals surface area contributed by atoms with E-state index in [9.17, 15) is 4.79 Å². The number of hydrogen-bond donors (Lipinski definition) is 4. The molecule has 1 amide bonds. The summed E-state index contributed by atoms with van der Waals surface area (Å²) in [5.74, 6) is 1.51. The van der Waals surface area contributed by atoms with Crippen LogP contribution in [0.1, 0.15) is 18.5 Å². The third-order valence-electron chi connectivity index (χ3n) is 4.70. The molecule has 0 aromatic carbocycles. The van der Waals surface area contributed by atoms with Crippen molar-refractivity contribution in [3.8, 4) is 6.07 Å². The molecule has 0 saturated carbocycles. The van der Waals surface area contributed by atoms with E-state index >= 15 is 0 Å². The summed E-state index contributed by atoms with van der Waals surface area (Å²) in [6.45, 7) is 3.16. The van der Waals surface area contributed by atoms with Crippen molar-refractivity contribution in [3.63, 3.8) is 0 Å². The summed E-state index contributed by atoms with van der Waals surface area (Å²) in [6.07, 6.45) is 6.74. The molecule has 3 rings (SSSR count). The van der Waals surface area contributed by atoms with Crippen molar-refractivity contribution < 1.29 is 4.79 Å². The summed E-state index contributed by atoms with van der Waals surface area (Å²) >= 11 is 0. The SMILES string of the molecule is CN(C)CC(=O)Nc1cnc(Nc2cnc(C#N)cn2)cc1NCC1CCNCC1. The molecule has 1 aliphatic heterocycles. The molecule has 4 N–H and O–H groups in total. The van der Waals surface area contributed by atoms with E-state index < -0.39 is 0 Å². The van der Waals surface area contributed by atoms with Gasteiger partial charge >= 0.3 is 0 Å². The van der Waals surface area contributed by atoms with E-state index in [1.54, 1.807) is 6.20 Å². The van der Waals surface area contributed by atoms with Gasteiger partial charge < -0.3 is 26.2 Å². The van der Waals surface area contributed by atoms with Gasteiger partial charge in [0.25, 0.3) is 0 Å². The Morgan fingerprint density at radius 2 is 1.93 bits per heavy atom. The van der Waals surface area contributed by atoms with Gasteiger partial charge in [-0.3, -0.25) is 4.79 Å². The van der Waals surface area contributed by atoms with Crippen LogP contribution in [0.25, 0.3) is 0 Å². The lowest BCUT2D eigenvalue weighted by molar-refractivity contribution is -0.116. The number of aromatic nitrogens is 3. The third-order valence-corrected chi connectivity index (χ3v) is 4.70. The highest BCUT2D eigenvalue weighted by molar-refractivity contribution is 5.95. The standard InChI is InChI=1S/C20H27N9O/c1-29(2)13-20(30)27-17-11-26-18(28-19-12-23-15(8-21)10-25-19)7-16(17)24-9-14-3-5-22-6-4-14/h7,10-12,14,22H,3-6,9,13H2,1-2H3,(H,27,30)(H2,24,25,26,28). The first-order valence-electron chi connectivity index (χ1n) is 9.92. The van der Waals surface area contributed by atoms with Gasteiger partial charge in [0.05, 0.1) is 36.5 Å². The van der Waals surface area contributed by atoms with Crippen molar-refractivity contribution in [1.82, 2.24) is 25.2 Å². The van der Waals surface area contributed by atoms with Crippen molar-refractivity contribution in [2.75, 3.05) is 56.2 Å². The number of rotatable bonds is 8. The average Bonchev–Trinajstić information content (AvgIpc) is 2.74. The number of carbonyl (C=O) groups is 1. The first-order chi connectivity index (χ1) is 14.5. The highest BCUT2D eigenvalue weighted by Crippen LogP contribution is 2.26. The zero-order valence-corrected chi connectivity index (χ0v) is 17.3. The number of anilines is 4. The summed E-state index contributed by atoms with van der Waals surface area (Å²) < 4.78 is 0. The van der Waals surface area contributed by atoms with E-state index in [4.69, 9.17) is 5.26 Å². The fourth-order valence-electron chi connectivity index (χ4n) is 3.17. The lowest BCUT2D eigenvalue weighted by Gasteiger charge is -2.24. The van der Waals surface area contributed by atoms with Gasteiger partial charge in [-0.1, -0.05) is 0 Å². The zero-order valence-electron chi connectivity index (χ0n) is 17.3. The third kappa shape index (κ3) is 6.37. The number of nitrogens with zero attached hydrogens (tertiary/aromatic N) is 5. The zero-order chi connectivity index (χ0) is 21.3. The molecule has 1 aliphatic rings. The summed E-state index contributed by atoms with van der Waals surface area (Å²) in [5, 5.41) is 21.7. The molecule has 0 radical (unpaired) electrons. The van der Waals surface area contributed by atoms with E-state index in [0.717, 1.165) is 38.2 Å². The number of amides is 1. The lowest BCUT2D eigenvalue weighted by Crippen LogP contribution is -2.31. The number of carbonyl (C=O) groups excluding carboxylic acids is 1. The molecule has 0 atom stereocenters. The van der Waals surface area contributed by atoms with E-state index in [1.807, 2.05) is 31.1 Å². The molecule has 0 spiro atoms. The molecule has 0 aliphatic carbocycles. The monoisotopic (exact) mass is 409 g/mol. The van der Waals surface area contributed by atoms with Crippen LogP contribution >= 0.6 is 0 Å². The summed E-state index contributed by atoms with van der Waals surface area (Å²) in [4.78, 5) is 26.6. The largest absolute Gasteiger partial charge is 0.383 e. The minimum absolute atomic E-state index is 0.106. The summed E-state index contributed by atoms with van der Waals surface area (Å²) in [7, 11) is 3.69. The predicted octanol–water partition coefficient (Wildman–Crippen LogP) is 1.40. The van der Waals surface area contributed by atoms with Gasteiger partial charge in [0.2, 0.25) is 5.91 Å². The van der Waals surface area contributed by atoms with Crippen LogP contribution in [0.15, 0.2) is 24.7 Å². The van der Waals surface area contributed by atoms with E-state index in [0.29, 0.717) is 23.2 Å². The molecule has 3 heterocycles. The van der Waals surface area contributed by atoms with Crippen LogP contribution in [0.5, 0.6) is 0 Å². The van der Waals surface area contributed by atoms with E-state index in [2.05, 4.69) is 36.2 Å². The van der Waals surface area contributed by atoms with Gasteiger partial charge in [-0.05, 0) is 45.9 Å².